The molecule has 0 atom stereocenters. The number of nitrogens with zero attached hydrogens (tertiary/aromatic N) is 5. The lowest BCUT2D eigenvalue weighted by Crippen LogP contribution is -2.31. The average Bonchev–Trinajstić information content (AvgIpc) is 3.39. The zero-order valence-electron chi connectivity index (χ0n) is 23.7. The van der Waals surface area contributed by atoms with Crippen molar-refractivity contribution in [2.75, 3.05) is 19.6 Å². The molecule has 1 N–H and O–H groups in total. The van der Waals surface area contributed by atoms with E-state index in [0.717, 1.165) is 64.1 Å². The minimum atomic E-state index is -0.156. The summed E-state index contributed by atoms with van der Waals surface area (Å²) in [6, 6.07) is 26.7. The third-order valence-electron chi connectivity index (χ3n) is 8.28. The highest BCUT2D eigenvalue weighted by Crippen LogP contribution is 2.30. The molecule has 0 amide bonds. The molecule has 0 radical (unpaired) electrons. The van der Waals surface area contributed by atoms with E-state index in [9.17, 15) is 4.79 Å². The number of imidazole rings is 1. The van der Waals surface area contributed by atoms with Crippen LogP contribution < -0.4 is 5.56 Å². The van der Waals surface area contributed by atoms with Crippen molar-refractivity contribution in [2.45, 2.75) is 38.6 Å². The summed E-state index contributed by atoms with van der Waals surface area (Å²) in [5.74, 6) is 0.932. The molecule has 210 valence electrons. The van der Waals surface area contributed by atoms with Gasteiger partial charge in [0.1, 0.15) is 11.5 Å². The summed E-state index contributed by atoms with van der Waals surface area (Å²) in [6.45, 7) is 4.32. The quantitative estimate of drug-likeness (QED) is 0.233. The van der Waals surface area contributed by atoms with Crippen molar-refractivity contribution < 1.29 is 0 Å². The molecular weight excluding hydrogens is 520 g/mol. The highest BCUT2D eigenvalue weighted by molar-refractivity contribution is 5.93. The summed E-state index contributed by atoms with van der Waals surface area (Å²) in [5, 5.41) is 0. The molecule has 0 bridgehead atoms. The Hall–Kier alpha value is -4.62. The van der Waals surface area contributed by atoms with Gasteiger partial charge in [0.25, 0.3) is 5.56 Å². The number of aromatic amines is 1. The maximum Gasteiger partial charge on any atom is 0.270 e. The maximum absolute atomic E-state index is 13.0. The third kappa shape index (κ3) is 5.48. The van der Waals surface area contributed by atoms with Crippen LogP contribution in [0.3, 0.4) is 0 Å². The summed E-state index contributed by atoms with van der Waals surface area (Å²) >= 11 is 0. The molecule has 0 aliphatic carbocycles. The van der Waals surface area contributed by atoms with Gasteiger partial charge in [-0.05, 0) is 85.9 Å². The van der Waals surface area contributed by atoms with E-state index in [-0.39, 0.29) is 5.56 Å². The lowest BCUT2D eigenvalue weighted by Gasteiger charge is -2.26. The minimum Gasteiger partial charge on any atom is -0.324 e. The van der Waals surface area contributed by atoms with Gasteiger partial charge in [-0.1, -0.05) is 55.0 Å². The van der Waals surface area contributed by atoms with Crippen molar-refractivity contribution in [1.82, 2.24) is 29.4 Å². The van der Waals surface area contributed by atoms with Gasteiger partial charge in [-0.15, -0.1) is 0 Å². The second-order valence-corrected chi connectivity index (χ2v) is 11.2. The van der Waals surface area contributed by atoms with Crippen LogP contribution in [0.1, 0.15) is 36.9 Å². The topological polar surface area (TPSA) is 79.7 Å². The standard InChI is InChI=1S/C35H34N6O/c42-35-32(21-25-9-3-1-4-10-25)37-30-24-33-31(23-29(30)39-35)38-34(41(33)20-8-19-40-17-5-2-6-18-40)28-12-7-11-27(22-28)26-13-15-36-16-14-26/h1,3-4,7,9-16,22-24H,2,5-6,8,17-21H2,(H,39,42). The second kappa shape index (κ2) is 11.7. The number of aromatic nitrogens is 5. The molecule has 6 aromatic rings. The third-order valence-corrected chi connectivity index (χ3v) is 8.28. The van der Waals surface area contributed by atoms with Crippen molar-refractivity contribution in [3.05, 3.63) is 113 Å². The number of fused-ring (bicyclic) bond motifs is 2. The Bertz CT molecular complexity index is 1890. The number of nitrogens with one attached hydrogen (secondary N) is 1. The number of pyridine rings is 1. The number of rotatable bonds is 8. The van der Waals surface area contributed by atoms with Crippen molar-refractivity contribution in [1.29, 1.82) is 0 Å². The predicted molar refractivity (Wildman–Crippen MR) is 168 cm³/mol. The monoisotopic (exact) mass is 554 g/mol. The van der Waals surface area contributed by atoms with E-state index < -0.39 is 0 Å². The normalized spacial score (nSPS) is 14.1. The van der Waals surface area contributed by atoms with Crippen LogP contribution in [0.25, 0.3) is 44.6 Å². The lowest BCUT2D eigenvalue weighted by atomic mass is 10.0. The first-order valence-corrected chi connectivity index (χ1v) is 14.9. The maximum atomic E-state index is 13.0. The van der Waals surface area contributed by atoms with Crippen molar-refractivity contribution in [3.63, 3.8) is 0 Å². The van der Waals surface area contributed by atoms with E-state index in [1.54, 1.807) is 0 Å². The van der Waals surface area contributed by atoms with Gasteiger partial charge in [-0.25, -0.2) is 9.97 Å². The van der Waals surface area contributed by atoms with Crippen LogP contribution in [-0.2, 0) is 13.0 Å². The molecule has 1 saturated heterocycles. The molecule has 42 heavy (non-hydrogen) atoms. The van der Waals surface area contributed by atoms with E-state index in [4.69, 9.17) is 9.97 Å². The molecule has 0 spiro atoms. The molecule has 1 aliphatic rings. The Balaban J connectivity index is 1.30. The van der Waals surface area contributed by atoms with Crippen LogP contribution in [-0.4, -0.2) is 49.0 Å². The first-order chi connectivity index (χ1) is 20.7. The number of aryl methyl sites for hydroxylation is 1. The van der Waals surface area contributed by atoms with E-state index in [1.165, 1.54) is 32.4 Å². The Morgan fingerprint density at radius 2 is 1.55 bits per heavy atom. The lowest BCUT2D eigenvalue weighted by molar-refractivity contribution is 0.223. The number of benzene rings is 3. The summed E-state index contributed by atoms with van der Waals surface area (Å²) in [5.41, 5.74) is 8.13. The SMILES string of the molecule is O=c1[nH]c2cc3nc(-c4cccc(-c5ccncc5)c4)n(CCCN4CCCCC4)c3cc2nc1Cc1ccccc1. The molecule has 7 rings (SSSR count). The van der Waals surface area contributed by atoms with E-state index in [2.05, 4.69) is 49.8 Å². The Morgan fingerprint density at radius 1 is 0.738 bits per heavy atom. The molecular formula is C35H34N6O. The highest BCUT2D eigenvalue weighted by Gasteiger charge is 2.17. The fourth-order valence-electron chi connectivity index (χ4n) is 6.12. The van der Waals surface area contributed by atoms with Crippen molar-refractivity contribution >= 4 is 22.1 Å². The number of H-pyrrole nitrogens is 1. The zero-order chi connectivity index (χ0) is 28.3. The van der Waals surface area contributed by atoms with Crippen LogP contribution in [0.5, 0.6) is 0 Å². The zero-order valence-corrected chi connectivity index (χ0v) is 23.7. The summed E-state index contributed by atoms with van der Waals surface area (Å²) < 4.78 is 2.34. The molecule has 1 aliphatic heterocycles. The average molecular weight is 555 g/mol. The van der Waals surface area contributed by atoms with E-state index in [1.807, 2.05) is 60.9 Å². The molecule has 0 unspecified atom stereocenters. The molecule has 7 heteroatoms. The molecule has 3 aromatic carbocycles. The molecule has 7 nitrogen and oxygen atoms in total. The van der Waals surface area contributed by atoms with Crippen LogP contribution >= 0.6 is 0 Å². The van der Waals surface area contributed by atoms with Gasteiger partial charge < -0.3 is 14.5 Å². The summed E-state index contributed by atoms with van der Waals surface area (Å²) in [6.07, 6.45) is 9.11. The number of likely N-dealkylation sites (tertiary alicyclic amines) is 1. The van der Waals surface area contributed by atoms with Crippen molar-refractivity contribution in [3.8, 4) is 22.5 Å². The summed E-state index contributed by atoms with van der Waals surface area (Å²) in [7, 11) is 0. The fraction of sp³-hybridized carbons (Fsp3) is 0.257. The Morgan fingerprint density at radius 3 is 2.38 bits per heavy atom. The summed E-state index contributed by atoms with van der Waals surface area (Å²) in [4.78, 5) is 32.8. The molecule has 3 aromatic heterocycles. The van der Waals surface area contributed by atoms with Gasteiger partial charge in [-0.3, -0.25) is 9.78 Å². The van der Waals surface area contributed by atoms with Gasteiger partial charge >= 0.3 is 0 Å². The molecule has 4 heterocycles. The number of hydrogen-bond acceptors (Lipinski definition) is 5. The van der Waals surface area contributed by atoms with Gasteiger partial charge in [0, 0.05) is 30.9 Å². The Labute approximate surface area is 244 Å². The number of piperidine rings is 1. The predicted octanol–water partition coefficient (Wildman–Crippen LogP) is 6.47. The largest absolute Gasteiger partial charge is 0.324 e. The van der Waals surface area contributed by atoms with Crippen molar-refractivity contribution in [2.24, 2.45) is 0 Å². The van der Waals surface area contributed by atoms with Crippen LogP contribution in [0.2, 0.25) is 0 Å². The smallest absolute Gasteiger partial charge is 0.270 e. The first kappa shape index (κ1) is 26.3. The van der Waals surface area contributed by atoms with Crippen LogP contribution in [0.4, 0.5) is 0 Å². The number of hydrogen-bond donors (Lipinski definition) is 1. The minimum absolute atomic E-state index is 0.156. The van der Waals surface area contributed by atoms with Gasteiger partial charge in [0.2, 0.25) is 0 Å². The van der Waals surface area contributed by atoms with Gasteiger partial charge in [-0.2, -0.15) is 0 Å². The van der Waals surface area contributed by atoms with Crippen LogP contribution in [0.15, 0.2) is 96.1 Å². The Kier molecular flexibility index (Phi) is 7.33. The van der Waals surface area contributed by atoms with Gasteiger partial charge in [0.05, 0.1) is 22.1 Å². The van der Waals surface area contributed by atoms with Gasteiger partial charge in [0.15, 0.2) is 0 Å². The molecule has 1 fully saturated rings. The van der Waals surface area contributed by atoms with E-state index >= 15 is 0 Å². The van der Waals surface area contributed by atoms with E-state index in [0.29, 0.717) is 17.6 Å². The fourth-order valence-corrected chi connectivity index (χ4v) is 6.12. The first-order valence-electron chi connectivity index (χ1n) is 14.9. The van der Waals surface area contributed by atoms with Crippen LogP contribution in [0, 0.1) is 0 Å². The second-order valence-electron chi connectivity index (χ2n) is 11.2. The highest BCUT2D eigenvalue weighted by atomic mass is 16.1. The molecule has 0 saturated carbocycles.